The van der Waals surface area contributed by atoms with Gasteiger partial charge in [0.2, 0.25) is 0 Å². The minimum atomic E-state index is -0.0730. The summed E-state index contributed by atoms with van der Waals surface area (Å²) < 4.78 is 11.6. The monoisotopic (exact) mass is 220 g/mol. The van der Waals surface area contributed by atoms with Gasteiger partial charge in [-0.1, -0.05) is 30.3 Å². The van der Waals surface area contributed by atoms with Gasteiger partial charge in [0.05, 0.1) is 6.10 Å². The zero-order valence-electron chi connectivity index (χ0n) is 10.1. The van der Waals surface area contributed by atoms with Gasteiger partial charge in [-0.05, 0) is 32.3 Å². The van der Waals surface area contributed by atoms with Crippen LogP contribution >= 0.6 is 0 Å². The SMILES string of the molecule is CC(C)O[C@H]1OCCC[C@@H]1c1ccccc1. The Morgan fingerprint density at radius 1 is 1.25 bits per heavy atom. The van der Waals surface area contributed by atoms with Crippen LogP contribution in [0.4, 0.5) is 0 Å². The summed E-state index contributed by atoms with van der Waals surface area (Å²) in [6.45, 7) is 4.93. The van der Waals surface area contributed by atoms with Gasteiger partial charge in [-0.15, -0.1) is 0 Å². The molecule has 2 atom stereocenters. The molecule has 0 bridgehead atoms. The maximum atomic E-state index is 5.84. The molecular weight excluding hydrogens is 200 g/mol. The van der Waals surface area contributed by atoms with E-state index in [1.807, 2.05) is 6.07 Å². The Bertz CT molecular complexity index is 308. The van der Waals surface area contributed by atoms with E-state index in [1.54, 1.807) is 0 Å². The van der Waals surface area contributed by atoms with Crippen molar-refractivity contribution in [3.8, 4) is 0 Å². The minimum Gasteiger partial charge on any atom is -0.352 e. The summed E-state index contributed by atoms with van der Waals surface area (Å²) in [4.78, 5) is 0. The second-order valence-electron chi connectivity index (χ2n) is 4.58. The van der Waals surface area contributed by atoms with E-state index in [0.717, 1.165) is 19.4 Å². The first kappa shape index (κ1) is 11.6. The zero-order chi connectivity index (χ0) is 11.4. The highest BCUT2D eigenvalue weighted by Crippen LogP contribution is 2.31. The average molecular weight is 220 g/mol. The molecule has 0 aliphatic carbocycles. The van der Waals surface area contributed by atoms with Crippen LogP contribution in [0.1, 0.15) is 38.2 Å². The standard InChI is InChI=1S/C14H20O2/c1-11(2)16-14-13(9-6-10-15-14)12-7-4-3-5-8-12/h3-5,7-8,11,13-14H,6,9-10H2,1-2H3/t13-,14-/m1/s1. The van der Waals surface area contributed by atoms with Gasteiger partial charge in [0, 0.05) is 12.5 Å². The number of rotatable bonds is 3. The number of hydrogen-bond donors (Lipinski definition) is 0. The van der Waals surface area contributed by atoms with E-state index in [1.165, 1.54) is 5.56 Å². The molecule has 1 aromatic rings. The highest BCUT2D eigenvalue weighted by molar-refractivity contribution is 5.20. The van der Waals surface area contributed by atoms with Crippen LogP contribution in [0.5, 0.6) is 0 Å². The molecule has 16 heavy (non-hydrogen) atoms. The van der Waals surface area contributed by atoms with Crippen molar-refractivity contribution in [2.75, 3.05) is 6.61 Å². The van der Waals surface area contributed by atoms with Crippen molar-refractivity contribution in [2.24, 2.45) is 0 Å². The van der Waals surface area contributed by atoms with Gasteiger partial charge in [0.25, 0.3) is 0 Å². The first-order valence-corrected chi connectivity index (χ1v) is 6.09. The van der Waals surface area contributed by atoms with Crippen LogP contribution in [-0.4, -0.2) is 19.0 Å². The van der Waals surface area contributed by atoms with E-state index in [9.17, 15) is 0 Å². The summed E-state index contributed by atoms with van der Waals surface area (Å²) in [5, 5.41) is 0. The van der Waals surface area contributed by atoms with E-state index in [2.05, 4.69) is 38.1 Å². The Morgan fingerprint density at radius 3 is 2.69 bits per heavy atom. The molecular formula is C14H20O2. The van der Waals surface area contributed by atoms with Crippen molar-refractivity contribution in [3.63, 3.8) is 0 Å². The summed E-state index contributed by atoms with van der Waals surface area (Å²) in [5.74, 6) is 0.386. The van der Waals surface area contributed by atoms with E-state index in [4.69, 9.17) is 9.47 Å². The largest absolute Gasteiger partial charge is 0.352 e. The molecule has 2 heteroatoms. The van der Waals surface area contributed by atoms with E-state index < -0.39 is 0 Å². The molecule has 0 amide bonds. The molecule has 1 fully saturated rings. The fourth-order valence-electron chi connectivity index (χ4n) is 2.18. The van der Waals surface area contributed by atoms with Crippen LogP contribution in [0.15, 0.2) is 30.3 Å². The molecule has 2 nitrogen and oxygen atoms in total. The van der Waals surface area contributed by atoms with Crippen LogP contribution in [-0.2, 0) is 9.47 Å². The molecule has 0 unspecified atom stereocenters. The molecule has 0 saturated carbocycles. The predicted octanol–water partition coefficient (Wildman–Crippen LogP) is 3.33. The first-order valence-electron chi connectivity index (χ1n) is 6.09. The van der Waals surface area contributed by atoms with E-state index in [-0.39, 0.29) is 12.4 Å². The van der Waals surface area contributed by atoms with Crippen molar-refractivity contribution < 1.29 is 9.47 Å². The van der Waals surface area contributed by atoms with Crippen molar-refractivity contribution in [3.05, 3.63) is 35.9 Å². The second-order valence-corrected chi connectivity index (χ2v) is 4.58. The number of hydrogen-bond acceptors (Lipinski definition) is 2. The van der Waals surface area contributed by atoms with Gasteiger partial charge < -0.3 is 9.47 Å². The molecule has 0 spiro atoms. The van der Waals surface area contributed by atoms with Gasteiger partial charge in [-0.25, -0.2) is 0 Å². The van der Waals surface area contributed by atoms with Gasteiger partial charge in [-0.2, -0.15) is 0 Å². The van der Waals surface area contributed by atoms with Crippen LogP contribution in [0.25, 0.3) is 0 Å². The smallest absolute Gasteiger partial charge is 0.164 e. The van der Waals surface area contributed by atoms with Gasteiger partial charge in [-0.3, -0.25) is 0 Å². The third kappa shape index (κ3) is 2.83. The molecule has 0 N–H and O–H groups in total. The van der Waals surface area contributed by atoms with Crippen molar-refractivity contribution in [2.45, 2.75) is 45.0 Å². The van der Waals surface area contributed by atoms with Gasteiger partial charge in [0.15, 0.2) is 6.29 Å². The van der Waals surface area contributed by atoms with Crippen molar-refractivity contribution in [1.29, 1.82) is 0 Å². The highest BCUT2D eigenvalue weighted by Gasteiger charge is 2.28. The Kier molecular flexibility index (Phi) is 3.97. The summed E-state index contributed by atoms with van der Waals surface area (Å²) in [7, 11) is 0. The fraction of sp³-hybridized carbons (Fsp3) is 0.571. The normalized spacial score (nSPS) is 25.9. The highest BCUT2D eigenvalue weighted by atomic mass is 16.7. The number of ether oxygens (including phenoxy) is 2. The second kappa shape index (κ2) is 5.46. The van der Waals surface area contributed by atoms with Crippen LogP contribution in [0.3, 0.4) is 0 Å². The minimum absolute atomic E-state index is 0.0730. The lowest BCUT2D eigenvalue weighted by Crippen LogP contribution is -2.32. The zero-order valence-corrected chi connectivity index (χ0v) is 10.1. The molecule has 1 aliphatic rings. The van der Waals surface area contributed by atoms with Crippen LogP contribution < -0.4 is 0 Å². The van der Waals surface area contributed by atoms with E-state index in [0.29, 0.717) is 5.92 Å². The van der Waals surface area contributed by atoms with Crippen LogP contribution in [0, 0.1) is 0 Å². The average Bonchev–Trinajstić information content (AvgIpc) is 2.30. The summed E-state index contributed by atoms with van der Waals surface area (Å²) in [6.07, 6.45) is 2.42. The number of benzene rings is 1. The molecule has 88 valence electrons. The van der Waals surface area contributed by atoms with Crippen molar-refractivity contribution in [1.82, 2.24) is 0 Å². The Hall–Kier alpha value is -0.860. The third-order valence-electron chi connectivity index (χ3n) is 2.90. The summed E-state index contributed by atoms with van der Waals surface area (Å²) >= 11 is 0. The molecule has 0 radical (unpaired) electrons. The van der Waals surface area contributed by atoms with Crippen LogP contribution in [0.2, 0.25) is 0 Å². The third-order valence-corrected chi connectivity index (χ3v) is 2.90. The molecule has 0 aromatic heterocycles. The predicted molar refractivity (Wildman–Crippen MR) is 64.4 cm³/mol. The topological polar surface area (TPSA) is 18.5 Å². The first-order chi connectivity index (χ1) is 7.77. The summed E-state index contributed by atoms with van der Waals surface area (Å²) in [6, 6.07) is 10.5. The maximum absolute atomic E-state index is 5.84. The molecule has 1 heterocycles. The molecule has 2 rings (SSSR count). The van der Waals surface area contributed by atoms with Gasteiger partial charge in [0.1, 0.15) is 0 Å². The lowest BCUT2D eigenvalue weighted by Gasteiger charge is -2.33. The Labute approximate surface area is 97.6 Å². The summed E-state index contributed by atoms with van der Waals surface area (Å²) in [5.41, 5.74) is 1.33. The molecule has 1 aliphatic heterocycles. The van der Waals surface area contributed by atoms with Gasteiger partial charge >= 0.3 is 0 Å². The lowest BCUT2D eigenvalue weighted by atomic mass is 9.92. The van der Waals surface area contributed by atoms with Crippen molar-refractivity contribution >= 4 is 0 Å². The quantitative estimate of drug-likeness (QED) is 0.778. The maximum Gasteiger partial charge on any atom is 0.164 e. The lowest BCUT2D eigenvalue weighted by molar-refractivity contribution is -0.191. The molecule has 1 saturated heterocycles. The molecule has 1 aromatic carbocycles. The fourth-order valence-corrected chi connectivity index (χ4v) is 2.18. The Balaban J connectivity index is 2.10. The van der Waals surface area contributed by atoms with E-state index >= 15 is 0 Å². The Morgan fingerprint density at radius 2 is 2.00 bits per heavy atom.